The lowest BCUT2D eigenvalue weighted by Crippen LogP contribution is -2.54. The smallest absolute Gasteiger partial charge is 0.333 e. The van der Waals surface area contributed by atoms with Crippen LogP contribution in [-0.2, 0) is 39.5 Å². The first-order chi connectivity index (χ1) is 24.1. The monoisotopic (exact) mass is 761 g/mol. The van der Waals surface area contributed by atoms with Crippen LogP contribution in [0.2, 0.25) is 0 Å². The summed E-state index contributed by atoms with van der Waals surface area (Å²) in [6, 6.07) is 7.46. The van der Waals surface area contributed by atoms with E-state index in [1.165, 1.54) is 0 Å². The molecule has 1 saturated heterocycles. The summed E-state index contributed by atoms with van der Waals surface area (Å²) >= 11 is 0. The molecule has 0 bridgehead atoms. The minimum atomic E-state index is -4.35. The molecular weight excluding hydrogens is 717 g/mol. The Morgan fingerprint density at radius 1 is 0.962 bits per heavy atom. The van der Waals surface area contributed by atoms with E-state index < -0.39 is 55.2 Å². The van der Waals surface area contributed by atoms with E-state index >= 15 is 0 Å². The number of anilines is 1. The molecule has 0 aliphatic carbocycles. The molecule has 0 saturated carbocycles. The predicted molar refractivity (Wildman–Crippen MR) is 189 cm³/mol. The van der Waals surface area contributed by atoms with Gasteiger partial charge in [0.15, 0.2) is 17.0 Å². The van der Waals surface area contributed by atoms with Crippen LogP contribution >= 0.6 is 0 Å². The number of hydrogen-bond acceptors (Lipinski definition) is 11. The van der Waals surface area contributed by atoms with E-state index in [9.17, 15) is 40.3 Å². The Morgan fingerprint density at radius 2 is 1.65 bits per heavy atom. The first kappa shape index (κ1) is 37.8. The molecule has 2 unspecified atom stereocenters. The van der Waals surface area contributed by atoms with E-state index in [1.807, 2.05) is 26.0 Å². The van der Waals surface area contributed by atoms with Gasteiger partial charge in [-0.05, 0) is 64.2 Å². The molecule has 282 valence electrons. The van der Waals surface area contributed by atoms with Gasteiger partial charge in [-0.1, -0.05) is 6.92 Å². The first-order valence-corrected chi connectivity index (χ1v) is 20.6. The maximum Gasteiger partial charge on any atom is 0.333 e. The van der Waals surface area contributed by atoms with Gasteiger partial charge in [0.25, 0.3) is 32.1 Å². The summed E-state index contributed by atoms with van der Waals surface area (Å²) in [4.78, 5) is 48.5. The number of ether oxygens (including phenoxy) is 1. The van der Waals surface area contributed by atoms with Gasteiger partial charge < -0.3 is 14.5 Å². The van der Waals surface area contributed by atoms with Gasteiger partial charge in [-0.3, -0.25) is 18.7 Å². The summed E-state index contributed by atoms with van der Waals surface area (Å²) < 4.78 is 75.2. The summed E-state index contributed by atoms with van der Waals surface area (Å²) in [7, 11) is -8.47. The van der Waals surface area contributed by atoms with Gasteiger partial charge >= 0.3 is 5.97 Å². The molecule has 2 atom stereocenters. The van der Waals surface area contributed by atoms with Crippen molar-refractivity contribution < 1.29 is 49.9 Å². The van der Waals surface area contributed by atoms with Crippen LogP contribution in [0.5, 0.6) is 11.5 Å². The maximum absolute atomic E-state index is 12.6. The highest BCUT2D eigenvalue weighted by atomic mass is 32.2. The van der Waals surface area contributed by atoms with Gasteiger partial charge in [0.1, 0.15) is 17.6 Å². The van der Waals surface area contributed by atoms with Crippen LogP contribution in [0.4, 0.5) is 11.4 Å². The number of hydroxylamine groups is 2. The van der Waals surface area contributed by atoms with Crippen molar-refractivity contribution in [2.24, 2.45) is 4.99 Å². The summed E-state index contributed by atoms with van der Waals surface area (Å²) in [5.41, 5.74) is 2.20. The van der Waals surface area contributed by atoms with E-state index in [2.05, 4.69) is 30.2 Å². The largest absolute Gasteiger partial charge is 0.452 e. The zero-order valence-corrected chi connectivity index (χ0v) is 31.5. The average molecular weight is 762 g/mol. The minimum absolute atomic E-state index is 0.00631. The topological polar surface area (TPSA) is 200 Å². The molecule has 0 spiro atoms. The number of nitrogens with zero attached hydrogens (tertiary/aromatic N) is 4. The fourth-order valence-electron chi connectivity index (χ4n) is 8.21. The minimum Gasteiger partial charge on any atom is -0.452 e. The molecule has 2 aromatic rings. The zero-order valence-electron chi connectivity index (χ0n) is 29.9. The second-order valence-electron chi connectivity index (χ2n) is 15.4. The van der Waals surface area contributed by atoms with Gasteiger partial charge in [-0.25, -0.2) is 14.4 Å². The van der Waals surface area contributed by atoms with Crippen LogP contribution in [0.1, 0.15) is 103 Å². The number of amides is 2. The molecule has 2 N–H and O–H groups in total. The third kappa shape index (κ3) is 7.87. The summed E-state index contributed by atoms with van der Waals surface area (Å²) in [6.45, 7) is 10.9. The average Bonchev–Trinajstić information content (AvgIpc) is 3.32. The number of hydrogen-bond donors (Lipinski definition) is 2. The number of rotatable bonds is 11. The Hall–Kier alpha value is -3.93. The quantitative estimate of drug-likeness (QED) is 0.165. The lowest BCUT2D eigenvalue weighted by molar-refractivity contribution is -0.197. The molecule has 0 aromatic heterocycles. The number of carbonyl (C=O) groups is 3. The van der Waals surface area contributed by atoms with Crippen LogP contribution in [0.3, 0.4) is 0 Å². The fraction of sp³-hybridized carbons (Fsp3) is 0.571. The van der Waals surface area contributed by atoms with Crippen molar-refractivity contribution in [2.75, 3.05) is 29.5 Å². The molecular formula is C35H45N4O11S2+. The molecule has 15 nitrogen and oxygen atoms in total. The Morgan fingerprint density at radius 3 is 2.31 bits per heavy atom. The molecule has 4 aliphatic heterocycles. The first-order valence-electron chi connectivity index (χ1n) is 17.4. The molecule has 1 fully saturated rings. The van der Waals surface area contributed by atoms with Crippen LogP contribution in [0.15, 0.2) is 29.3 Å². The number of benzene rings is 2. The van der Waals surface area contributed by atoms with E-state index in [1.54, 1.807) is 12.1 Å². The summed E-state index contributed by atoms with van der Waals surface area (Å²) in [5, 5.41) is 1.66. The molecule has 0 radical (unpaired) electrons. The van der Waals surface area contributed by atoms with Gasteiger partial charge in [-0.15, -0.1) is 5.06 Å². The Balaban J connectivity index is 1.38. The molecule has 2 aromatic carbocycles. The Bertz CT molecular complexity index is 2180. The van der Waals surface area contributed by atoms with Gasteiger partial charge in [0, 0.05) is 61.0 Å². The lowest BCUT2D eigenvalue weighted by atomic mass is 9.79. The van der Waals surface area contributed by atoms with Crippen molar-refractivity contribution in [1.82, 2.24) is 9.64 Å². The van der Waals surface area contributed by atoms with E-state index in [4.69, 9.17) is 14.6 Å². The van der Waals surface area contributed by atoms with Crippen molar-refractivity contribution in [2.45, 2.75) is 102 Å². The van der Waals surface area contributed by atoms with Gasteiger partial charge in [-0.2, -0.15) is 16.8 Å². The highest BCUT2D eigenvalue weighted by Gasteiger charge is 2.43. The predicted octanol–water partition coefficient (Wildman–Crippen LogP) is 3.15. The highest BCUT2D eigenvalue weighted by Crippen LogP contribution is 2.49. The second-order valence-corrected chi connectivity index (χ2v) is 18.5. The van der Waals surface area contributed by atoms with Crippen molar-refractivity contribution in [3.05, 3.63) is 46.1 Å². The highest BCUT2D eigenvalue weighted by molar-refractivity contribution is 7.86. The molecule has 4 heterocycles. The fourth-order valence-corrected chi connectivity index (χ4v) is 9.51. The standard InChI is InChI=1S/C35H44N4O11S2/c1-21-18-34(2,3)38(12-7-13-51(43,44)45)27-16-29-25(14-23(21)27)36-26-15-24-22(20-52(46,47)48)19-35(4,5)37(28(24)17-30(26)49-29)11-6-8-33(42)50-39-31(40)9-10-32(39)41/h14-17,21-22H,6-13,18-20H2,1-5H3,(H-,43,44,45,46,47,48)/p+1. The lowest BCUT2D eigenvalue weighted by Gasteiger charge is -2.48. The molecule has 52 heavy (non-hydrogen) atoms. The third-order valence-corrected chi connectivity index (χ3v) is 12.0. The molecule has 2 amide bonds. The van der Waals surface area contributed by atoms with Crippen molar-refractivity contribution in [1.29, 1.82) is 0 Å². The maximum atomic E-state index is 12.6. The van der Waals surface area contributed by atoms with Crippen LogP contribution in [-0.4, -0.2) is 84.5 Å². The number of imide groups is 1. The Kier molecular flexibility index (Phi) is 9.81. The normalized spacial score (nSPS) is 21.8. The van der Waals surface area contributed by atoms with E-state index in [-0.39, 0.29) is 42.9 Å². The van der Waals surface area contributed by atoms with Crippen LogP contribution in [0, 0.1) is 0 Å². The summed E-state index contributed by atoms with van der Waals surface area (Å²) in [5.74, 6) is -2.21. The Labute approximate surface area is 302 Å². The van der Waals surface area contributed by atoms with E-state index in [0.717, 1.165) is 17.7 Å². The van der Waals surface area contributed by atoms with Gasteiger partial charge in [0.2, 0.25) is 5.36 Å². The molecule has 6 rings (SSSR count). The van der Waals surface area contributed by atoms with Gasteiger partial charge in [0.05, 0.1) is 24.0 Å². The van der Waals surface area contributed by atoms with Crippen LogP contribution in [0.25, 0.3) is 0 Å². The molecule has 4 aliphatic rings. The number of carbonyl (C=O) groups excluding carboxylic acids is 3. The second kappa shape index (κ2) is 13.5. The van der Waals surface area contributed by atoms with Crippen LogP contribution < -0.4 is 24.9 Å². The third-order valence-electron chi connectivity index (χ3n) is 10.4. The van der Waals surface area contributed by atoms with Crippen molar-refractivity contribution in [3.63, 3.8) is 0 Å². The SMILES string of the molecule is CC1CC(C)(C)N(CCCS(=O)(=O)O)c2cc3c(cc21)N=c1cc2c(cc1O3)=[N+](CCCC(=O)ON1C(=O)CCC1=O)C(C)(C)CC2CS(=O)(=O)O. The molecule has 17 heteroatoms. The number of fused-ring (bicyclic) bond motifs is 4. The van der Waals surface area contributed by atoms with Crippen molar-refractivity contribution in [3.8, 4) is 11.5 Å². The van der Waals surface area contributed by atoms with Crippen molar-refractivity contribution >= 4 is 49.4 Å². The van der Waals surface area contributed by atoms with E-state index in [0.29, 0.717) is 64.5 Å². The summed E-state index contributed by atoms with van der Waals surface area (Å²) in [6.07, 6.45) is 1.59. The zero-order chi connectivity index (χ0) is 38.0.